The van der Waals surface area contributed by atoms with Gasteiger partial charge in [0.15, 0.2) is 0 Å². The minimum Gasteiger partial charge on any atom is -0.387 e. The Kier molecular flexibility index (Phi) is 4.35. The summed E-state index contributed by atoms with van der Waals surface area (Å²) < 4.78 is 54.1. The number of nitrogens with one attached hydrogen (secondary N) is 1. The van der Waals surface area contributed by atoms with Crippen LogP contribution in [0.15, 0.2) is 35.5 Å². The van der Waals surface area contributed by atoms with Crippen molar-refractivity contribution in [3.05, 3.63) is 47.8 Å². The highest BCUT2D eigenvalue weighted by molar-refractivity contribution is 7.89. The normalized spacial score (nSPS) is 13.3. The van der Waals surface area contributed by atoms with Gasteiger partial charge in [-0.2, -0.15) is 5.10 Å². The van der Waals surface area contributed by atoms with Crippen molar-refractivity contribution in [3.8, 4) is 0 Å². The van der Waals surface area contributed by atoms with E-state index in [2.05, 4.69) is 9.82 Å². The van der Waals surface area contributed by atoms with Crippen LogP contribution in [0.3, 0.4) is 0 Å². The van der Waals surface area contributed by atoms with Gasteiger partial charge in [0, 0.05) is 19.8 Å². The second kappa shape index (κ2) is 5.88. The van der Waals surface area contributed by atoms with Crippen LogP contribution in [0.5, 0.6) is 0 Å². The van der Waals surface area contributed by atoms with E-state index in [0.29, 0.717) is 0 Å². The minimum atomic E-state index is -3.91. The minimum absolute atomic E-state index is 0.105. The maximum absolute atomic E-state index is 13.5. The monoisotopic (exact) mass is 317 g/mol. The number of nitrogens with zero attached hydrogens (tertiary/aromatic N) is 2. The van der Waals surface area contributed by atoms with Crippen molar-refractivity contribution in [2.75, 3.05) is 6.54 Å². The highest BCUT2D eigenvalue weighted by atomic mass is 32.2. The molecule has 2 N–H and O–H groups in total. The number of halogens is 2. The number of aliphatic hydroxyl groups excluding tert-OH is 1. The first-order chi connectivity index (χ1) is 9.81. The molecule has 0 aliphatic heterocycles. The molecular formula is C12H13F2N3O3S. The molecule has 1 heterocycles. The molecule has 1 aromatic carbocycles. The van der Waals surface area contributed by atoms with E-state index in [1.54, 1.807) is 7.05 Å². The van der Waals surface area contributed by atoms with Gasteiger partial charge >= 0.3 is 0 Å². The van der Waals surface area contributed by atoms with Crippen molar-refractivity contribution in [1.29, 1.82) is 0 Å². The number of benzene rings is 1. The zero-order valence-corrected chi connectivity index (χ0v) is 11.8. The first-order valence-electron chi connectivity index (χ1n) is 5.91. The Morgan fingerprint density at radius 3 is 2.52 bits per heavy atom. The van der Waals surface area contributed by atoms with E-state index in [9.17, 15) is 22.3 Å². The first-order valence-corrected chi connectivity index (χ1v) is 7.40. The van der Waals surface area contributed by atoms with E-state index >= 15 is 0 Å². The summed E-state index contributed by atoms with van der Waals surface area (Å²) in [4.78, 5) is -0.105. The number of hydrogen-bond donors (Lipinski definition) is 2. The van der Waals surface area contributed by atoms with Crippen LogP contribution < -0.4 is 4.72 Å². The van der Waals surface area contributed by atoms with Gasteiger partial charge in [0.25, 0.3) is 0 Å². The van der Waals surface area contributed by atoms with Gasteiger partial charge in [-0.05, 0) is 12.1 Å². The molecule has 0 fully saturated rings. The van der Waals surface area contributed by atoms with Gasteiger partial charge < -0.3 is 5.11 Å². The number of aryl methyl sites for hydroxylation is 1. The molecule has 21 heavy (non-hydrogen) atoms. The van der Waals surface area contributed by atoms with Crippen LogP contribution in [0.2, 0.25) is 0 Å². The molecule has 1 aromatic heterocycles. The third kappa shape index (κ3) is 3.43. The van der Waals surface area contributed by atoms with Gasteiger partial charge in [-0.3, -0.25) is 4.68 Å². The van der Waals surface area contributed by atoms with Crippen LogP contribution in [-0.4, -0.2) is 29.8 Å². The van der Waals surface area contributed by atoms with Gasteiger partial charge in [0.2, 0.25) is 10.0 Å². The van der Waals surface area contributed by atoms with E-state index in [-0.39, 0.29) is 4.90 Å². The number of sulfonamides is 1. The van der Waals surface area contributed by atoms with Gasteiger partial charge in [-0.25, -0.2) is 21.9 Å². The summed E-state index contributed by atoms with van der Waals surface area (Å²) in [5, 5.41) is 13.5. The predicted molar refractivity (Wildman–Crippen MR) is 69.7 cm³/mol. The molecule has 1 unspecified atom stereocenters. The first kappa shape index (κ1) is 15.5. The summed E-state index contributed by atoms with van der Waals surface area (Å²) in [5.41, 5.74) is -0.577. The lowest BCUT2D eigenvalue weighted by Gasteiger charge is -2.13. The van der Waals surface area contributed by atoms with Crippen molar-refractivity contribution in [1.82, 2.24) is 14.5 Å². The Morgan fingerprint density at radius 1 is 1.38 bits per heavy atom. The average molecular weight is 317 g/mol. The van der Waals surface area contributed by atoms with Crippen LogP contribution >= 0.6 is 0 Å². The summed E-state index contributed by atoms with van der Waals surface area (Å²) >= 11 is 0. The van der Waals surface area contributed by atoms with Gasteiger partial charge in [-0.1, -0.05) is 6.07 Å². The molecule has 2 aromatic rings. The Morgan fingerprint density at radius 2 is 2.00 bits per heavy atom. The van der Waals surface area contributed by atoms with Crippen molar-refractivity contribution < 1.29 is 22.3 Å². The molecule has 6 nitrogen and oxygen atoms in total. The van der Waals surface area contributed by atoms with Crippen LogP contribution in [0.4, 0.5) is 8.78 Å². The van der Waals surface area contributed by atoms with Gasteiger partial charge in [0.1, 0.15) is 16.5 Å². The summed E-state index contributed by atoms with van der Waals surface area (Å²) in [6.07, 6.45) is 0.745. The van der Waals surface area contributed by atoms with Crippen LogP contribution in [0.25, 0.3) is 0 Å². The third-order valence-corrected chi connectivity index (χ3v) is 4.17. The molecule has 0 saturated heterocycles. The van der Waals surface area contributed by atoms with E-state index in [0.717, 1.165) is 24.4 Å². The van der Waals surface area contributed by atoms with Gasteiger partial charge in [-0.15, -0.1) is 0 Å². The maximum atomic E-state index is 13.5. The lowest BCUT2D eigenvalue weighted by atomic mass is 10.1. The van der Waals surface area contributed by atoms with Crippen LogP contribution in [0.1, 0.15) is 11.7 Å². The van der Waals surface area contributed by atoms with E-state index in [4.69, 9.17) is 0 Å². The molecule has 9 heteroatoms. The molecule has 0 amide bonds. The Balaban J connectivity index is 2.13. The maximum Gasteiger partial charge on any atom is 0.243 e. The quantitative estimate of drug-likeness (QED) is 0.851. The lowest BCUT2D eigenvalue weighted by Crippen LogP contribution is -2.29. The molecule has 1 atom stereocenters. The lowest BCUT2D eigenvalue weighted by molar-refractivity contribution is 0.172. The molecule has 0 bridgehead atoms. The van der Waals surface area contributed by atoms with Crippen LogP contribution in [-0.2, 0) is 17.1 Å². The molecule has 0 spiro atoms. The van der Waals surface area contributed by atoms with E-state index < -0.39 is 39.9 Å². The number of aromatic nitrogens is 2. The average Bonchev–Trinajstić information content (AvgIpc) is 2.84. The summed E-state index contributed by atoms with van der Waals surface area (Å²) in [5.74, 6) is -1.88. The fraction of sp³-hybridized carbons (Fsp3) is 0.250. The summed E-state index contributed by atoms with van der Waals surface area (Å²) in [6.45, 7) is -0.560. The zero-order chi connectivity index (χ0) is 15.6. The Labute approximate surface area is 120 Å². The fourth-order valence-electron chi connectivity index (χ4n) is 1.74. The SMILES string of the molecule is Cn1cc(S(=O)(=O)NCC(O)c2c(F)cccc2F)cn1. The number of aliphatic hydroxyl groups is 1. The molecular weight excluding hydrogens is 304 g/mol. The number of hydrogen-bond acceptors (Lipinski definition) is 4. The largest absolute Gasteiger partial charge is 0.387 e. The highest BCUT2D eigenvalue weighted by Gasteiger charge is 2.22. The molecule has 0 radical (unpaired) electrons. The molecule has 114 valence electrons. The fourth-order valence-corrected chi connectivity index (χ4v) is 2.76. The van der Waals surface area contributed by atoms with Crippen LogP contribution in [0, 0.1) is 11.6 Å². The smallest absolute Gasteiger partial charge is 0.243 e. The van der Waals surface area contributed by atoms with Crippen molar-refractivity contribution in [3.63, 3.8) is 0 Å². The van der Waals surface area contributed by atoms with Crippen molar-refractivity contribution in [2.45, 2.75) is 11.0 Å². The summed E-state index contributed by atoms with van der Waals surface area (Å²) in [7, 11) is -2.36. The van der Waals surface area contributed by atoms with Crippen molar-refractivity contribution in [2.24, 2.45) is 7.05 Å². The second-order valence-electron chi connectivity index (χ2n) is 4.35. The van der Waals surface area contributed by atoms with E-state index in [1.165, 1.54) is 10.9 Å². The molecule has 0 aliphatic carbocycles. The third-order valence-electron chi connectivity index (χ3n) is 2.79. The predicted octanol–water partition coefficient (Wildman–Crippen LogP) is 0.710. The second-order valence-corrected chi connectivity index (χ2v) is 6.12. The standard InChI is InChI=1S/C12H13F2N3O3S/c1-17-7-8(5-15-17)21(19,20)16-6-11(18)12-9(13)3-2-4-10(12)14/h2-5,7,11,16,18H,6H2,1H3. The number of rotatable bonds is 5. The molecule has 0 aliphatic rings. The topological polar surface area (TPSA) is 84.2 Å². The molecule has 2 rings (SSSR count). The Bertz CT molecular complexity index is 726. The highest BCUT2D eigenvalue weighted by Crippen LogP contribution is 2.20. The van der Waals surface area contributed by atoms with Gasteiger partial charge in [0.05, 0.1) is 17.9 Å². The molecule has 0 saturated carbocycles. The summed E-state index contributed by atoms with van der Waals surface area (Å²) in [6, 6.07) is 3.12. The van der Waals surface area contributed by atoms with Crippen molar-refractivity contribution >= 4 is 10.0 Å². The van der Waals surface area contributed by atoms with E-state index in [1.807, 2.05) is 0 Å². The Hall–Kier alpha value is -1.84. The zero-order valence-electron chi connectivity index (χ0n) is 11.0.